The molecule has 76 valence electrons. The van der Waals surface area contributed by atoms with E-state index in [-0.39, 0.29) is 11.8 Å². The molecule has 0 heterocycles. The molecule has 0 bridgehead atoms. The summed E-state index contributed by atoms with van der Waals surface area (Å²) in [4.78, 5) is 13.6. The smallest absolute Gasteiger partial charge is 0.225 e. The van der Waals surface area contributed by atoms with E-state index in [9.17, 15) is 4.79 Å². The summed E-state index contributed by atoms with van der Waals surface area (Å²) in [6.45, 7) is 3.46. The Bertz CT molecular complexity index is 182. The number of hydrogen-bond donors (Lipinski definition) is 1. The van der Waals surface area contributed by atoms with E-state index in [1.165, 1.54) is 0 Å². The molecule has 3 heteroatoms. The maximum absolute atomic E-state index is 11.8. The number of nitrogens with two attached hydrogens (primary N) is 1. The van der Waals surface area contributed by atoms with Gasteiger partial charge in [-0.05, 0) is 32.2 Å². The standard InChI is InChI=1S/C10H20N2O/c1-3-12(2)10(13)9-6-4-5-8(9)7-11/h8-9H,3-7,11H2,1-2H3. The van der Waals surface area contributed by atoms with Crippen LogP contribution in [0.25, 0.3) is 0 Å². The fourth-order valence-corrected chi connectivity index (χ4v) is 2.08. The fourth-order valence-electron chi connectivity index (χ4n) is 2.08. The van der Waals surface area contributed by atoms with Gasteiger partial charge in [0.25, 0.3) is 0 Å². The lowest BCUT2D eigenvalue weighted by Gasteiger charge is -2.23. The zero-order valence-corrected chi connectivity index (χ0v) is 8.62. The van der Waals surface area contributed by atoms with Gasteiger partial charge in [0, 0.05) is 19.5 Å². The lowest BCUT2D eigenvalue weighted by Crippen LogP contribution is -2.36. The minimum absolute atomic E-state index is 0.204. The van der Waals surface area contributed by atoms with Crippen molar-refractivity contribution in [3.05, 3.63) is 0 Å². The van der Waals surface area contributed by atoms with Gasteiger partial charge >= 0.3 is 0 Å². The largest absolute Gasteiger partial charge is 0.346 e. The Hall–Kier alpha value is -0.570. The second-order valence-electron chi connectivity index (χ2n) is 3.89. The Morgan fingerprint density at radius 3 is 2.77 bits per heavy atom. The van der Waals surface area contributed by atoms with Crippen molar-refractivity contribution in [3.63, 3.8) is 0 Å². The van der Waals surface area contributed by atoms with E-state index >= 15 is 0 Å². The molecule has 1 aliphatic carbocycles. The number of hydrogen-bond acceptors (Lipinski definition) is 2. The van der Waals surface area contributed by atoms with Crippen molar-refractivity contribution in [2.75, 3.05) is 20.1 Å². The van der Waals surface area contributed by atoms with E-state index in [1.807, 2.05) is 14.0 Å². The molecule has 1 rings (SSSR count). The first-order chi connectivity index (χ1) is 6.20. The molecule has 0 saturated heterocycles. The van der Waals surface area contributed by atoms with Crippen LogP contribution in [0.15, 0.2) is 0 Å². The van der Waals surface area contributed by atoms with Crippen LogP contribution in [0.2, 0.25) is 0 Å². The van der Waals surface area contributed by atoms with E-state index in [0.717, 1.165) is 25.8 Å². The van der Waals surface area contributed by atoms with Crippen LogP contribution in [0.3, 0.4) is 0 Å². The van der Waals surface area contributed by atoms with Crippen LogP contribution in [-0.4, -0.2) is 30.9 Å². The number of carbonyl (C=O) groups excluding carboxylic acids is 1. The van der Waals surface area contributed by atoms with Crippen molar-refractivity contribution >= 4 is 5.91 Å². The Kier molecular flexibility index (Phi) is 3.72. The summed E-state index contributed by atoms with van der Waals surface area (Å²) in [5.74, 6) is 0.923. The monoisotopic (exact) mass is 184 g/mol. The van der Waals surface area contributed by atoms with E-state index in [0.29, 0.717) is 12.5 Å². The summed E-state index contributed by atoms with van der Waals surface area (Å²) in [5, 5.41) is 0. The molecule has 0 radical (unpaired) electrons. The van der Waals surface area contributed by atoms with Crippen molar-refractivity contribution in [1.29, 1.82) is 0 Å². The highest BCUT2D eigenvalue weighted by Gasteiger charge is 2.33. The maximum atomic E-state index is 11.8. The molecular formula is C10H20N2O. The molecule has 0 aromatic heterocycles. The van der Waals surface area contributed by atoms with Crippen molar-refractivity contribution < 1.29 is 4.79 Å². The minimum atomic E-state index is 0.204. The Labute approximate surface area is 80.3 Å². The molecule has 0 aliphatic heterocycles. The first-order valence-corrected chi connectivity index (χ1v) is 5.15. The van der Waals surface area contributed by atoms with E-state index < -0.39 is 0 Å². The van der Waals surface area contributed by atoms with Crippen molar-refractivity contribution in [2.24, 2.45) is 17.6 Å². The van der Waals surface area contributed by atoms with Gasteiger partial charge in [0.1, 0.15) is 0 Å². The Balaban J connectivity index is 2.54. The van der Waals surface area contributed by atoms with Crippen LogP contribution in [0.4, 0.5) is 0 Å². The van der Waals surface area contributed by atoms with Gasteiger partial charge in [-0.2, -0.15) is 0 Å². The van der Waals surface area contributed by atoms with Crippen LogP contribution in [0, 0.1) is 11.8 Å². The number of nitrogens with zero attached hydrogens (tertiary/aromatic N) is 1. The summed E-state index contributed by atoms with van der Waals surface area (Å²) < 4.78 is 0. The summed E-state index contributed by atoms with van der Waals surface area (Å²) in [5.41, 5.74) is 5.63. The summed E-state index contributed by atoms with van der Waals surface area (Å²) in [7, 11) is 1.87. The molecule has 0 aromatic carbocycles. The number of rotatable bonds is 3. The molecule has 1 aliphatic rings. The molecule has 1 amide bonds. The van der Waals surface area contributed by atoms with Crippen LogP contribution >= 0.6 is 0 Å². The van der Waals surface area contributed by atoms with E-state index in [2.05, 4.69) is 0 Å². The zero-order valence-electron chi connectivity index (χ0n) is 8.62. The van der Waals surface area contributed by atoms with Crippen molar-refractivity contribution in [3.8, 4) is 0 Å². The normalized spacial score (nSPS) is 27.6. The van der Waals surface area contributed by atoms with Crippen molar-refractivity contribution in [2.45, 2.75) is 26.2 Å². The molecule has 3 nitrogen and oxygen atoms in total. The molecule has 2 N–H and O–H groups in total. The molecule has 1 fully saturated rings. The first kappa shape index (κ1) is 10.5. The predicted molar refractivity (Wildman–Crippen MR) is 53.2 cm³/mol. The molecule has 1 saturated carbocycles. The van der Waals surface area contributed by atoms with E-state index in [1.54, 1.807) is 4.90 Å². The first-order valence-electron chi connectivity index (χ1n) is 5.15. The molecule has 0 aromatic rings. The summed E-state index contributed by atoms with van der Waals surface area (Å²) in [6.07, 6.45) is 3.32. The lowest BCUT2D eigenvalue weighted by atomic mass is 9.95. The second-order valence-corrected chi connectivity index (χ2v) is 3.89. The third kappa shape index (κ3) is 2.21. The van der Waals surface area contributed by atoms with Crippen molar-refractivity contribution in [1.82, 2.24) is 4.90 Å². The van der Waals surface area contributed by atoms with Gasteiger partial charge in [-0.25, -0.2) is 0 Å². The van der Waals surface area contributed by atoms with Gasteiger partial charge in [-0.1, -0.05) is 6.42 Å². The molecular weight excluding hydrogens is 164 g/mol. The zero-order chi connectivity index (χ0) is 9.84. The van der Waals surface area contributed by atoms with Gasteiger partial charge in [0.05, 0.1) is 0 Å². The average molecular weight is 184 g/mol. The average Bonchev–Trinajstić information content (AvgIpc) is 2.62. The SMILES string of the molecule is CCN(C)C(=O)C1CCCC1CN. The highest BCUT2D eigenvalue weighted by molar-refractivity contribution is 5.79. The highest BCUT2D eigenvalue weighted by atomic mass is 16.2. The predicted octanol–water partition coefficient (Wildman–Crippen LogP) is 0.840. The highest BCUT2D eigenvalue weighted by Crippen LogP contribution is 2.31. The van der Waals surface area contributed by atoms with Crippen LogP contribution in [0.5, 0.6) is 0 Å². The molecule has 2 unspecified atom stereocenters. The van der Waals surface area contributed by atoms with Crippen LogP contribution in [-0.2, 0) is 4.79 Å². The Morgan fingerprint density at radius 1 is 1.54 bits per heavy atom. The van der Waals surface area contributed by atoms with E-state index in [4.69, 9.17) is 5.73 Å². The quantitative estimate of drug-likeness (QED) is 0.706. The summed E-state index contributed by atoms with van der Waals surface area (Å²) in [6, 6.07) is 0. The van der Waals surface area contributed by atoms with Gasteiger partial charge < -0.3 is 10.6 Å². The summed E-state index contributed by atoms with van der Waals surface area (Å²) >= 11 is 0. The maximum Gasteiger partial charge on any atom is 0.225 e. The van der Waals surface area contributed by atoms with Gasteiger partial charge in [0.15, 0.2) is 0 Å². The number of amides is 1. The molecule has 2 atom stereocenters. The minimum Gasteiger partial charge on any atom is -0.346 e. The lowest BCUT2D eigenvalue weighted by molar-refractivity contribution is -0.135. The van der Waals surface area contributed by atoms with Crippen LogP contribution < -0.4 is 5.73 Å². The third-order valence-corrected chi connectivity index (χ3v) is 3.13. The third-order valence-electron chi connectivity index (χ3n) is 3.13. The van der Waals surface area contributed by atoms with Crippen LogP contribution in [0.1, 0.15) is 26.2 Å². The van der Waals surface area contributed by atoms with Gasteiger partial charge in [-0.3, -0.25) is 4.79 Å². The number of carbonyl (C=O) groups is 1. The Morgan fingerprint density at radius 2 is 2.23 bits per heavy atom. The van der Waals surface area contributed by atoms with Gasteiger partial charge in [-0.15, -0.1) is 0 Å². The fraction of sp³-hybridized carbons (Fsp3) is 0.900. The topological polar surface area (TPSA) is 46.3 Å². The second kappa shape index (κ2) is 4.61. The molecule has 0 spiro atoms. The van der Waals surface area contributed by atoms with Gasteiger partial charge in [0.2, 0.25) is 5.91 Å². The molecule has 13 heavy (non-hydrogen) atoms.